The highest BCUT2D eigenvalue weighted by molar-refractivity contribution is 7.92. The van der Waals surface area contributed by atoms with Crippen LogP contribution in [0.2, 0.25) is 0 Å². The summed E-state index contributed by atoms with van der Waals surface area (Å²) in [5.41, 5.74) is 0.582. The highest BCUT2D eigenvalue weighted by Crippen LogP contribution is 2.26. The Bertz CT molecular complexity index is 796. The number of benzene rings is 2. The third-order valence-corrected chi connectivity index (χ3v) is 4.10. The van der Waals surface area contributed by atoms with Gasteiger partial charge in [0.1, 0.15) is 11.6 Å². The molecule has 0 spiro atoms. The summed E-state index contributed by atoms with van der Waals surface area (Å²) in [5, 5.41) is 18.1. The van der Waals surface area contributed by atoms with Gasteiger partial charge in [0.05, 0.1) is 23.1 Å². The molecule has 0 aromatic heterocycles. The minimum absolute atomic E-state index is 0.0204. The maximum atomic E-state index is 12.9. The van der Waals surface area contributed by atoms with Gasteiger partial charge in [0.2, 0.25) is 0 Å². The van der Waals surface area contributed by atoms with Crippen molar-refractivity contribution in [2.45, 2.75) is 11.3 Å². The van der Waals surface area contributed by atoms with Gasteiger partial charge < -0.3 is 5.11 Å². The third kappa shape index (κ3) is 3.49. The first-order chi connectivity index (χ1) is 9.92. The summed E-state index contributed by atoms with van der Waals surface area (Å²) >= 11 is 0. The summed E-state index contributed by atoms with van der Waals surface area (Å²) in [7, 11) is -3.90. The summed E-state index contributed by atoms with van der Waals surface area (Å²) < 4.78 is 39.3. The molecule has 2 aromatic rings. The molecular formula is C14H11FN2O3S. The number of phenols is 1. The minimum Gasteiger partial charge on any atom is -0.506 e. The van der Waals surface area contributed by atoms with Gasteiger partial charge in [-0.3, -0.25) is 4.72 Å². The summed E-state index contributed by atoms with van der Waals surface area (Å²) in [4.78, 5) is -0.0204. The van der Waals surface area contributed by atoms with Crippen LogP contribution >= 0.6 is 0 Å². The van der Waals surface area contributed by atoms with Crippen LogP contribution in [0.1, 0.15) is 5.56 Å². The van der Waals surface area contributed by atoms with Crippen molar-refractivity contribution >= 4 is 15.7 Å². The van der Waals surface area contributed by atoms with E-state index in [4.69, 9.17) is 5.26 Å². The van der Waals surface area contributed by atoms with Crippen LogP contribution in [0.4, 0.5) is 10.1 Å². The van der Waals surface area contributed by atoms with Crippen LogP contribution in [0.15, 0.2) is 47.4 Å². The van der Waals surface area contributed by atoms with Crippen molar-refractivity contribution < 1.29 is 17.9 Å². The zero-order chi connectivity index (χ0) is 15.5. The Kier molecular flexibility index (Phi) is 4.10. The Morgan fingerprint density at radius 3 is 2.43 bits per heavy atom. The van der Waals surface area contributed by atoms with Gasteiger partial charge in [0.25, 0.3) is 10.0 Å². The second-order valence-electron chi connectivity index (χ2n) is 4.25. The number of nitriles is 1. The van der Waals surface area contributed by atoms with Crippen molar-refractivity contribution in [1.29, 1.82) is 5.26 Å². The fraction of sp³-hybridized carbons (Fsp3) is 0.0714. The van der Waals surface area contributed by atoms with Crippen molar-refractivity contribution in [2.75, 3.05) is 4.72 Å². The van der Waals surface area contributed by atoms with Gasteiger partial charge in [0, 0.05) is 6.07 Å². The predicted octanol–water partition coefficient (Wildman–Crippen LogP) is 2.40. The molecule has 0 unspecified atom stereocenters. The van der Waals surface area contributed by atoms with Crippen molar-refractivity contribution in [3.63, 3.8) is 0 Å². The van der Waals surface area contributed by atoms with E-state index in [1.807, 2.05) is 6.07 Å². The second kappa shape index (κ2) is 5.81. The number of hydrogen-bond donors (Lipinski definition) is 2. The SMILES string of the molecule is N#CCc1ccc(S(=O)(=O)Nc2ccc(F)cc2O)cc1. The van der Waals surface area contributed by atoms with E-state index in [9.17, 15) is 17.9 Å². The molecule has 0 amide bonds. The fourth-order valence-electron chi connectivity index (χ4n) is 1.67. The van der Waals surface area contributed by atoms with Crippen molar-refractivity contribution in [2.24, 2.45) is 0 Å². The minimum atomic E-state index is -3.90. The highest BCUT2D eigenvalue weighted by Gasteiger charge is 2.16. The normalized spacial score (nSPS) is 10.9. The van der Waals surface area contributed by atoms with Gasteiger partial charge in [-0.05, 0) is 29.8 Å². The Labute approximate surface area is 121 Å². The van der Waals surface area contributed by atoms with E-state index in [2.05, 4.69) is 4.72 Å². The number of hydrogen-bond acceptors (Lipinski definition) is 4. The van der Waals surface area contributed by atoms with Crippen LogP contribution in [-0.4, -0.2) is 13.5 Å². The molecule has 0 radical (unpaired) electrons. The first-order valence-corrected chi connectivity index (χ1v) is 7.38. The van der Waals surface area contributed by atoms with E-state index in [1.54, 1.807) is 0 Å². The topological polar surface area (TPSA) is 90.2 Å². The van der Waals surface area contributed by atoms with Gasteiger partial charge in [-0.15, -0.1) is 0 Å². The molecule has 0 aliphatic rings. The lowest BCUT2D eigenvalue weighted by Gasteiger charge is -2.10. The summed E-state index contributed by atoms with van der Waals surface area (Å²) in [6, 6.07) is 10.7. The molecule has 5 nitrogen and oxygen atoms in total. The molecule has 0 fully saturated rings. The fourth-order valence-corrected chi connectivity index (χ4v) is 2.75. The van der Waals surface area contributed by atoms with Gasteiger partial charge in [-0.25, -0.2) is 12.8 Å². The lowest BCUT2D eigenvalue weighted by atomic mass is 10.2. The van der Waals surface area contributed by atoms with Crippen LogP contribution in [-0.2, 0) is 16.4 Å². The second-order valence-corrected chi connectivity index (χ2v) is 5.93. The Morgan fingerprint density at radius 2 is 1.86 bits per heavy atom. The number of halogens is 1. The van der Waals surface area contributed by atoms with E-state index in [0.29, 0.717) is 5.56 Å². The standard InChI is InChI=1S/C14H11FN2O3S/c15-11-3-6-13(14(18)9-11)17-21(19,20)12-4-1-10(2-5-12)7-8-16/h1-6,9,17-18H,7H2. The largest absolute Gasteiger partial charge is 0.506 e. The van der Waals surface area contributed by atoms with Gasteiger partial charge in [-0.2, -0.15) is 5.26 Å². The van der Waals surface area contributed by atoms with E-state index in [1.165, 1.54) is 24.3 Å². The van der Waals surface area contributed by atoms with E-state index in [0.717, 1.165) is 18.2 Å². The van der Waals surface area contributed by atoms with Gasteiger partial charge in [0.15, 0.2) is 0 Å². The quantitative estimate of drug-likeness (QED) is 0.849. The first-order valence-electron chi connectivity index (χ1n) is 5.89. The molecule has 21 heavy (non-hydrogen) atoms. The maximum Gasteiger partial charge on any atom is 0.262 e. The number of nitrogens with one attached hydrogen (secondary N) is 1. The molecule has 0 aliphatic carbocycles. The molecule has 2 rings (SSSR count). The van der Waals surface area contributed by atoms with Crippen molar-refractivity contribution in [3.8, 4) is 11.8 Å². The molecule has 0 aliphatic heterocycles. The molecule has 0 saturated carbocycles. The third-order valence-electron chi connectivity index (χ3n) is 2.72. The molecule has 0 heterocycles. The van der Waals surface area contributed by atoms with E-state index in [-0.39, 0.29) is 17.0 Å². The van der Waals surface area contributed by atoms with Crippen LogP contribution in [0.5, 0.6) is 5.75 Å². The predicted molar refractivity (Wildman–Crippen MR) is 74.6 cm³/mol. The lowest BCUT2D eigenvalue weighted by molar-refractivity contribution is 0.471. The molecule has 108 valence electrons. The van der Waals surface area contributed by atoms with Crippen LogP contribution < -0.4 is 4.72 Å². The summed E-state index contributed by atoms with van der Waals surface area (Å²) in [6.07, 6.45) is 0.187. The molecule has 2 aromatic carbocycles. The zero-order valence-corrected chi connectivity index (χ0v) is 11.6. The number of sulfonamides is 1. The molecule has 7 heteroatoms. The van der Waals surface area contributed by atoms with Crippen molar-refractivity contribution in [1.82, 2.24) is 0 Å². The first kappa shape index (κ1) is 14.8. The lowest BCUT2D eigenvalue weighted by Crippen LogP contribution is -2.13. The summed E-state index contributed by atoms with van der Waals surface area (Å²) in [5.74, 6) is -1.17. The maximum absolute atomic E-state index is 12.9. The molecule has 0 saturated heterocycles. The Balaban J connectivity index is 2.27. The number of anilines is 1. The zero-order valence-electron chi connectivity index (χ0n) is 10.7. The number of rotatable bonds is 4. The number of nitrogens with zero attached hydrogens (tertiary/aromatic N) is 1. The number of aromatic hydroxyl groups is 1. The van der Waals surface area contributed by atoms with Gasteiger partial charge in [-0.1, -0.05) is 12.1 Å². The highest BCUT2D eigenvalue weighted by atomic mass is 32.2. The molecule has 2 N–H and O–H groups in total. The van der Waals surface area contributed by atoms with Gasteiger partial charge >= 0.3 is 0 Å². The smallest absolute Gasteiger partial charge is 0.262 e. The van der Waals surface area contributed by atoms with E-state index >= 15 is 0 Å². The average molecular weight is 306 g/mol. The van der Waals surface area contributed by atoms with Crippen LogP contribution in [0.3, 0.4) is 0 Å². The monoisotopic (exact) mass is 306 g/mol. The Hall–Kier alpha value is -2.59. The van der Waals surface area contributed by atoms with Crippen LogP contribution in [0, 0.1) is 17.1 Å². The average Bonchev–Trinajstić information content (AvgIpc) is 2.43. The molecular weight excluding hydrogens is 295 g/mol. The van der Waals surface area contributed by atoms with E-state index < -0.39 is 21.6 Å². The van der Waals surface area contributed by atoms with Crippen LogP contribution in [0.25, 0.3) is 0 Å². The molecule has 0 atom stereocenters. The summed E-state index contributed by atoms with van der Waals surface area (Å²) in [6.45, 7) is 0. The Morgan fingerprint density at radius 1 is 1.19 bits per heavy atom. The molecule has 0 bridgehead atoms. The number of phenolic OH excluding ortho intramolecular Hbond substituents is 1. The van der Waals surface area contributed by atoms with Crippen molar-refractivity contribution in [3.05, 3.63) is 53.8 Å².